The molecule has 0 aliphatic rings. The number of H-pyrrole nitrogens is 1. The standard InChI is InChI=1S/C19H27N3O4/c1-5-8-20-17(24)16(22-18(25)26-19(2,3)4)9-12-11-21-15-7-6-13(23)10-14(12)15/h6-7,10-11,16,21,23H,5,8-9H2,1-4H3,(H,20,24)(H,22,25). The van der Waals surface area contributed by atoms with Crippen LogP contribution in [0.3, 0.4) is 0 Å². The molecule has 2 aromatic rings. The van der Waals surface area contributed by atoms with Crippen LogP contribution in [0.4, 0.5) is 4.79 Å². The third-order valence-corrected chi connectivity index (χ3v) is 3.73. The van der Waals surface area contributed by atoms with Crippen LogP contribution in [0.2, 0.25) is 0 Å². The van der Waals surface area contributed by atoms with Crippen LogP contribution in [0.5, 0.6) is 5.75 Å². The molecule has 2 rings (SSSR count). The van der Waals surface area contributed by atoms with E-state index in [0.29, 0.717) is 6.54 Å². The van der Waals surface area contributed by atoms with Gasteiger partial charge in [0, 0.05) is 30.1 Å². The molecule has 7 heteroatoms. The highest BCUT2D eigenvalue weighted by atomic mass is 16.6. The third kappa shape index (κ3) is 5.40. The van der Waals surface area contributed by atoms with Gasteiger partial charge in [0.15, 0.2) is 0 Å². The van der Waals surface area contributed by atoms with Gasteiger partial charge < -0.3 is 25.5 Å². The van der Waals surface area contributed by atoms with Gasteiger partial charge in [-0.1, -0.05) is 6.92 Å². The molecule has 0 saturated carbocycles. The molecule has 0 saturated heterocycles. The molecule has 1 unspecified atom stereocenters. The van der Waals surface area contributed by atoms with Crippen molar-refractivity contribution in [3.8, 4) is 5.75 Å². The van der Waals surface area contributed by atoms with Crippen LogP contribution in [-0.2, 0) is 16.0 Å². The van der Waals surface area contributed by atoms with E-state index in [1.807, 2.05) is 6.92 Å². The first-order valence-electron chi connectivity index (χ1n) is 8.76. The number of alkyl carbamates (subject to hydrolysis) is 1. The Bertz CT molecular complexity index is 777. The fourth-order valence-corrected chi connectivity index (χ4v) is 2.59. The molecule has 26 heavy (non-hydrogen) atoms. The zero-order valence-corrected chi connectivity index (χ0v) is 15.7. The maximum Gasteiger partial charge on any atom is 0.408 e. The monoisotopic (exact) mass is 361 g/mol. The number of carbonyl (C=O) groups excluding carboxylic acids is 2. The summed E-state index contributed by atoms with van der Waals surface area (Å²) in [6, 6.07) is 4.21. The molecule has 1 atom stereocenters. The first kappa shape index (κ1) is 19.6. The minimum Gasteiger partial charge on any atom is -0.508 e. The number of aromatic amines is 1. The number of nitrogens with one attached hydrogen (secondary N) is 3. The maximum absolute atomic E-state index is 12.5. The van der Waals surface area contributed by atoms with Crippen molar-refractivity contribution < 1.29 is 19.4 Å². The summed E-state index contributed by atoms with van der Waals surface area (Å²) in [5.41, 5.74) is 1.02. The van der Waals surface area contributed by atoms with E-state index in [9.17, 15) is 14.7 Å². The molecular weight excluding hydrogens is 334 g/mol. The topological polar surface area (TPSA) is 103 Å². The number of phenols is 1. The SMILES string of the molecule is CCCNC(=O)C(Cc1c[nH]c2ccc(O)cc12)NC(=O)OC(C)(C)C. The first-order chi connectivity index (χ1) is 12.2. The second-order valence-electron chi connectivity index (χ2n) is 7.24. The molecule has 4 N–H and O–H groups in total. The number of ether oxygens (including phenoxy) is 1. The number of amides is 2. The van der Waals surface area contributed by atoms with Crippen molar-refractivity contribution in [3.63, 3.8) is 0 Å². The lowest BCUT2D eigenvalue weighted by Gasteiger charge is -2.23. The molecule has 142 valence electrons. The minimum absolute atomic E-state index is 0.144. The molecule has 7 nitrogen and oxygen atoms in total. The van der Waals surface area contributed by atoms with E-state index < -0.39 is 17.7 Å². The third-order valence-electron chi connectivity index (χ3n) is 3.73. The van der Waals surface area contributed by atoms with Crippen molar-refractivity contribution in [1.29, 1.82) is 0 Å². The van der Waals surface area contributed by atoms with E-state index in [4.69, 9.17) is 4.74 Å². The fraction of sp³-hybridized carbons (Fsp3) is 0.474. The van der Waals surface area contributed by atoms with Crippen molar-refractivity contribution in [2.75, 3.05) is 6.54 Å². The Labute approximate surface area is 153 Å². The quantitative estimate of drug-likeness (QED) is 0.635. The molecule has 0 bridgehead atoms. The van der Waals surface area contributed by atoms with Gasteiger partial charge >= 0.3 is 6.09 Å². The van der Waals surface area contributed by atoms with Gasteiger partial charge in [0.25, 0.3) is 0 Å². The summed E-state index contributed by atoms with van der Waals surface area (Å²) in [6.45, 7) is 7.78. The predicted molar refractivity (Wildman–Crippen MR) is 100 cm³/mol. The molecule has 0 aliphatic heterocycles. The van der Waals surface area contributed by atoms with E-state index in [-0.39, 0.29) is 18.1 Å². The predicted octanol–water partition coefficient (Wildman–Crippen LogP) is 2.84. The van der Waals surface area contributed by atoms with Gasteiger partial charge in [-0.3, -0.25) is 4.79 Å². The Morgan fingerprint density at radius 2 is 2.04 bits per heavy atom. The van der Waals surface area contributed by atoms with Crippen molar-refractivity contribution in [2.45, 2.75) is 52.2 Å². The van der Waals surface area contributed by atoms with Crippen molar-refractivity contribution in [1.82, 2.24) is 15.6 Å². The van der Waals surface area contributed by atoms with Crippen LogP contribution in [0.1, 0.15) is 39.7 Å². The van der Waals surface area contributed by atoms with Gasteiger partial charge in [-0.05, 0) is 51.0 Å². The smallest absolute Gasteiger partial charge is 0.408 e. The largest absolute Gasteiger partial charge is 0.508 e. The van der Waals surface area contributed by atoms with Crippen molar-refractivity contribution in [2.24, 2.45) is 0 Å². The molecule has 2 amide bonds. The summed E-state index contributed by atoms with van der Waals surface area (Å²) in [4.78, 5) is 27.7. The molecule has 1 heterocycles. The van der Waals surface area contributed by atoms with Crippen LogP contribution >= 0.6 is 0 Å². The number of hydrogen-bond acceptors (Lipinski definition) is 4. The van der Waals surface area contributed by atoms with Gasteiger partial charge in [0.1, 0.15) is 17.4 Å². The number of carbonyl (C=O) groups is 2. The summed E-state index contributed by atoms with van der Waals surface area (Å²) >= 11 is 0. The van der Waals surface area contributed by atoms with Gasteiger partial charge in [0.05, 0.1) is 0 Å². The number of benzene rings is 1. The average molecular weight is 361 g/mol. The van der Waals surface area contributed by atoms with Crippen molar-refractivity contribution in [3.05, 3.63) is 30.0 Å². The second kappa shape index (κ2) is 8.12. The Morgan fingerprint density at radius 1 is 1.31 bits per heavy atom. The lowest BCUT2D eigenvalue weighted by atomic mass is 10.0. The summed E-state index contributed by atoms with van der Waals surface area (Å²) in [5.74, 6) is -0.127. The van der Waals surface area contributed by atoms with Crippen LogP contribution in [-0.4, -0.2) is 40.3 Å². The zero-order chi connectivity index (χ0) is 19.3. The lowest BCUT2D eigenvalue weighted by Crippen LogP contribution is -2.49. The molecule has 1 aromatic heterocycles. The first-order valence-corrected chi connectivity index (χ1v) is 8.76. The summed E-state index contributed by atoms with van der Waals surface area (Å²) in [6.07, 6.45) is 2.21. The maximum atomic E-state index is 12.5. The normalized spacial score (nSPS) is 12.6. The molecular formula is C19H27N3O4. The van der Waals surface area contributed by atoms with Crippen molar-refractivity contribution >= 4 is 22.9 Å². The van der Waals surface area contributed by atoms with E-state index in [0.717, 1.165) is 22.9 Å². The lowest BCUT2D eigenvalue weighted by molar-refractivity contribution is -0.123. The van der Waals surface area contributed by atoms with Crippen LogP contribution in [0.25, 0.3) is 10.9 Å². The summed E-state index contributed by atoms with van der Waals surface area (Å²) in [7, 11) is 0. The van der Waals surface area contributed by atoms with E-state index >= 15 is 0 Å². The minimum atomic E-state index is -0.780. The zero-order valence-electron chi connectivity index (χ0n) is 15.7. The van der Waals surface area contributed by atoms with E-state index in [2.05, 4.69) is 15.6 Å². The second-order valence-corrected chi connectivity index (χ2v) is 7.24. The van der Waals surface area contributed by atoms with Gasteiger partial charge in [-0.25, -0.2) is 4.79 Å². The van der Waals surface area contributed by atoms with Crippen LogP contribution in [0.15, 0.2) is 24.4 Å². The fourth-order valence-electron chi connectivity index (χ4n) is 2.59. The summed E-state index contributed by atoms with van der Waals surface area (Å²) < 4.78 is 5.27. The van der Waals surface area contributed by atoms with E-state index in [1.54, 1.807) is 45.2 Å². The molecule has 0 radical (unpaired) electrons. The highest BCUT2D eigenvalue weighted by Crippen LogP contribution is 2.24. The highest BCUT2D eigenvalue weighted by Gasteiger charge is 2.25. The molecule has 0 spiro atoms. The highest BCUT2D eigenvalue weighted by molar-refractivity contribution is 5.88. The number of phenolic OH excluding ortho intramolecular Hbond substituents is 1. The number of fused-ring (bicyclic) bond motifs is 1. The van der Waals surface area contributed by atoms with Crippen LogP contribution < -0.4 is 10.6 Å². The average Bonchev–Trinajstić information content (AvgIpc) is 2.92. The van der Waals surface area contributed by atoms with E-state index in [1.165, 1.54) is 0 Å². The van der Waals surface area contributed by atoms with Gasteiger partial charge in [-0.15, -0.1) is 0 Å². The van der Waals surface area contributed by atoms with Gasteiger partial charge in [0.2, 0.25) is 5.91 Å². The molecule has 0 fully saturated rings. The van der Waals surface area contributed by atoms with Gasteiger partial charge in [-0.2, -0.15) is 0 Å². The number of aromatic hydroxyl groups is 1. The number of hydrogen-bond donors (Lipinski definition) is 4. The molecule has 0 aliphatic carbocycles. The number of aromatic nitrogens is 1. The Morgan fingerprint density at radius 3 is 2.69 bits per heavy atom. The summed E-state index contributed by atoms with van der Waals surface area (Å²) in [5, 5.41) is 16.0. The Balaban J connectivity index is 2.20. The number of rotatable bonds is 6. The van der Waals surface area contributed by atoms with Crippen LogP contribution in [0, 0.1) is 0 Å². The Kier molecular flexibility index (Phi) is 6.13. The molecule has 1 aromatic carbocycles. The Hall–Kier alpha value is -2.70.